The SMILES string of the molecule is Cc1ccc(S(=O)(=O)N(CC(=O)N(Cc2ccc(F)cc2)C2CCN(C(=O)c3cccc([N+](=O)[O-])c3)CC2)C2CC2)cc1. The van der Waals surface area contributed by atoms with E-state index in [0.29, 0.717) is 44.3 Å². The molecule has 0 bridgehead atoms. The van der Waals surface area contributed by atoms with E-state index in [0.717, 1.165) is 5.56 Å². The minimum atomic E-state index is -3.92. The number of hydrogen-bond donors (Lipinski definition) is 0. The fourth-order valence-corrected chi connectivity index (χ4v) is 7.00. The van der Waals surface area contributed by atoms with Crippen molar-refractivity contribution < 1.29 is 27.3 Å². The standard InChI is InChI=1S/C31H33FN4O6S/c1-22-5-13-29(14-6-22)43(41,42)35(27-11-12-27)21-30(37)34(20-23-7-9-25(32)10-8-23)26-15-17-33(18-16-26)31(38)24-3-2-4-28(19-24)36(39)40/h2-10,13-14,19,26-27H,11-12,15-18,20-21H2,1H3. The molecule has 3 aromatic rings. The predicted octanol–water partition coefficient (Wildman–Crippen LogP) is 4.53. The summed E-state index contributed by atoms with van der Waals surface area (Å²) in [6.45, 7) is 2.33. The minimum absolute atomic E-state index is 0.135. The van der Waals surface area contributed by atoms with Gasteiger partial charge in [-0.1, -0.05) is 35.9 Å². The van der Waals surface area contributed by atoms with Gasteiger partial charge in [-0.3, -0.25) is 19.7 Å². The number of carbonyl (C=O) groups is 2. The second kappa shape index (κ2) is 12.6. The van der Waals surface area contributed by atoms with E-state index in [2.05, 4.69) is 0 Å². The van der Waals surface area contributed by atoms with Gasteiger partial charge in [0.2, 0.25) is 15.9 Å². The number of benzene rings is 3. The first-order chi connectivity index (χ1) is 20.5. The number of non-ortho nitro benzene ring substituents is 1. The van der Waals surface area contributed by atoms with Crippen LogP contribution in [0.25, 0.3) is 0 Å². The zero-order chi connectivity index (χ0) is 30.7. The van der Waals surface area contributed by atoms with Crippen LogP contribution in [0.5, 0.6) is 0 Å². The summed E-state index contributed by atoms with van der Waals surface area (Å²) in [6, 6.07) is 17.4. The maximum Gasteiger partial charge on any atom is 0.270 e. The van der Waals surface area contributed by atoms with Crippen LogP contribution in [0.15, 0.2) is 77.7 Å². The minimum Gasteiger partial charge on any atom is -0.338 e. The van der Waals surface area contributed by atoms with Gasteiger partial charge in [-0.2, -0.15) is 4.31 Å². The Morgan fingerprint density at radius 2 is 1.60 bits per heavy atom. The van der Waals surface area contributed by atoms with Crippen LogP contribution in [-0.2, 0) is 21.4 Å². The monoisotopic (exact) mass is 608 g/mol. The Morgan fingerprint density at radius 3 is 2.21 bits per heavy atom. The highest BCUT2D eigenvalue weighted by Crippen LogP contribution is 2.33. The Balaban J connectivity index is 1.34. The van der Waals surface area contributed by atoms with Gasteiger partial charge in [-0.25, -0.2) is 12.8 Å². The van der Waals surface area contributed by atoms with Crippen LogP contribution in [-0.4, -0.2) is 71.0 Å². The Morgan fingerprint density at radius 1 is 0.953 bits per heavy atom. The number of amides is 2. The lowest BCUT2D eigenvalue weighted by atomic mass is 10.0. The molecule has 3 aromatic carbocycles. The van der Waals surface area contributed by atoms with Crippen molar-refractivity contribution in [3.8, 4) is 0 Å². The Labute approximate surface area is 249 Å². The molecule has 5 rings (SSSR count). The van der Waals surface area contributed by atoms with E-state index in [9.17, 15) is 32.5 Å². The lowest BCUT2D eigenvalue weighted by Crippen LogP contribution is -2.51. The summed E-state index contributed by atoms with van der Waals surface area (Å²) in [4.78, 5) is 41.0. The van der Waals surface area contributed by atoms with E-state index in [1.165, 1.54) is 40.7 Å². The van der Waals surface area contributed by atoms with Gasteiger partial charge in [0.15, 0.2) is 0 Å². The van der Waals surface area contributed by atoms with Crippen LogP contribution in [0.1, 0.15) is 47.2 Å². The molecule has 10 nitrogen and oxygen atoms in total. The van der Waals surface area contributed by atoms with Gasteiger partial charge in [0.1, 0.15) is 5.82 Å². The molecule has 0 radical (unpaired) electrons. The summed E-state index contributed by atoms with van der Waals surface area (Å²) in [5.41, 5.74) is 1.67. The smallest absolute Gasteiger partial charge is 0.270 e. The number of sulfonamides is 1. The average molecular weight is 609 g/mol. The molecule has 0 spiro atoms. The number of halogens is 1. The molecule has 0 aromatic heterocycles. The van der Waals surface area contributed by atoms with E-state index < -0.39 is 20.8 Å². The number of nitro groups is 1. The molecule has 2 aliphatic rings. The molecule has 1 aliphatic heterocycles. The molecule has 1 saturated heterocycles. The van der Waals surface area contributed by atoms with Crippen molar-refractivity contribution in [2.24, 2.45) is 0 Å². The summed E-state index contributed by atoms with van der Waals surface area (Å²) in [5.74, 6) is -1.10. The van der Waals surface area contributed by atoms with Gasteiger partial charge < -0.3 is 9.80 Å². The normalized spacial score (nSPS) is 15.8. The molecule has 0 atom stereocenters. The fourth-order valence-electron chi connectivity index (χ4n) is 5.37. The molecule has 43 heavy (non-hydrogen) atoms. The van der Waals surface area contributed by atoms with Crippen molar-refractivity contribution >= 4 is 27.5 Å². The molecule has 2 fully saturated rings. The first kappa shape index (κ1) is 30.3. The number of piperidine rings is 1. The fraction of sp³-hybridized carbons (Fsp3) is 0.355. The molecule has 1 heterocycles. The highest BCUT2D eigenvalue weighted by atomic mass is 32.2. The van der Waals surface area contributed by atoms with E-state index >= 15 is 0 Å². The third-order valence-corrected chi connectivity index (χ3v) is 9.87. The van der Waals surface area contributed by atoms with Gasteiger partial charge in [-0.05, 0) is 68.5 Å². The van der Waals surface area contributed by atoms with E-state index in [-0.39, 0.29) is 53.1 Å². The molecule has 226 valence electrons. The number of nitro benzene ring substituents is 1. The van der Waals surface area contributed by atoms with Gasteiger partial charge in [-0.15, -0.1) is 0 Å². The van der Waals surface area contributed by atoms with E-state index in [1.807, 2.05) is 6.92 Å². The van der Waals surface area contributed by atoms with Crippen molar-refractivity contribution in [1.29, 1.82) is 0 Å². The van der Waals surface area contributed by atoms with Crippen LogP contribution in [0.2, 0.25) is 0 Å². The van der Waals surface area contributed by atoms with Crippen molar-refractivity contribution in [3.05, 3.63) is 105 Å². The summed E-state index contributed by atoms with van der Waals surface area (Å²) < 4.78 is 42.1. The Hall–Kier alpha value is -4.16. The van der Waals surface area contributed by atoms with E-state index in [1.54, 1.807) is 46.2 Å². The highest BCUT2D eigenvalue weighted by molar-refractivity contribution is 7.89. The molecule has 12 heteroatoms. The number of rotatable bonds is 10. The van der Waals surface area contributed by atoms with Crippen LogP contribution in [0, 0.1) is 22.9 Å². The Bertz CT molecular complexity index is 1600. The number of hydrogen-bond acceptors (Lipinski definition) is 6. The van der Waals surface area contributed by atoms with Crippen LogP contribution >= 0.6 is 0 Å². The van der Waals surface area contributed by atoms with Gasteiger partial charge in [0, 0.05) is 49.4 Å². The number of nitrogens with zero attached hydrogens (tertiary/aromatic N) is 4. The summed E-state index contributed by atoms with van der Waals surface area (Å²) >= 11 is 0. The van der Waals surface area contributed by atoms with Crippen LogP contribution in [0.3, 0.4) is 0 Å². The zero-order valence-electron chi connectivity index (χ0n) is 23.8. The summed E-state index contributed by atoms with van der Waals surface area (Å²) in [6.07, 6.45) is 2.21. The topological polar surface area (TPSA) is 121 Å². The Kier molecular flexibility index (Phi) is 8.88. The maximum atomic E-state index is 13.9. The summed E-state index contributed by atoms with van der Waals surface area (Å²) in [7, 11) is -3.92. The maximum absolute atomic E-state index is 13.9. The van der Waals surface area contributed by atoms with Crippen LogP contribution < -0.4 is 0 Å². The molecular weight excluding hydrogens is 575 g/mol. The van der Waals surface area contributed by atoms with E-state index in [4.69, 9.17) is 0 Å². The molecule has 0 unspecified atom stereocenters. The third kappa shape index (κ3) is 7.08. The van der Waals surface area contributed by atoms with Crippen molar-refractivity contribution in [1.82, 2.24) is 14.1 Å². The number of carbonyl (C=O) groups excluding carboxylic acids is 2. The predicted molar refractivity (Wildman–Crippen MR) is 157 cm³/mol. The van der Waals surface area contributed by atoms with Gasteiger partial charge >= 0.3 is 0 Å². The number of aryl methyl sites for hydroxylation is 1. The largest absolute Gasteiger partial charge is 0.338 e. The van der Waals surface area contributed by atoms with Gasteiger partial charge in [0.25, 0.3) is 11.6 Å². The lowest BCUT2D eigenvalue weighted by Gasteiger charge is -2.39. The first-order valence-electron chi connectivity index (χ1n) is 14.2. The summed E-state index contributed by atoms with van der Waals surface area (Å²) in [5, 5.41) is 11.2. The number of likely N-dealkylation sites (tertiary alicyclic amines) is 1. The van der Waals surface area contributed by atoms with Gasteiger partial charge in [0.05, 0.1) is 16.4 Å². The quantitative estimate of drug-likeness (QED) is 0.246. The first-order valence-corrected chi connectivity index (χ1v) is 15.6. The molecule has 2 amide bonds. The average Bonchev–Trinajstić information content (AvgIpc) is 3.85. The third-order valence-electron chi connectivity index (χ3n) is 7.96. The van der Waals surface area contributed by atoms with Crippen LogP contribution in [0.4, 0.5) is 10.1 Å². The molecular formula is C31H33FN4O6S. The van der Waals surface area contributed by atoms with Crippen molar-refractivity contribution in [3.63, 3.8) is 0 Å². The second-order valence-electron chi connectivity index (χ2n) is 11.1. The molecule has 0 N–H and O–H groups in total. The van der Waals surface area contributed by atoms with Crippen molar-refractivity contribution in [2.45, 2.75) is 56.1 Å². The second-order valence-corrected chi connectivity index (χ2v) is 13.0. The molecule has 1 aliphatic carbocycles. The highest BCUT2D eigenvalue weighted by Gasteiger charge is 2.41. The van der Waals surface area contributed by atoms with Crippen molar-refractivity contribution in [2.75, 3.05) is 19.6 Å². The molecule has 1 saturated carbocycles. The lowest BCUT2D eigenvalue weighted by molar-refractivity contribution is -0.384. The zero-order valence-corrected chi connectivity index (χ0v) is 24.6.